The molecule has 0 amide bonds. The fraction of sp³-hybridized carbons (Fsp3) is 0.165. The lowest BCUT2D eigenvalue weighted by Gasteiger charge is -2.30. The van der Waals surface area contributed by atoms with Gasteiger partial charge in [0, 0.05) is 40.2 Å². The molecular formula is C79H67N4O+. The Bertz CT molecular complexity index is 4760. The maximum atomic E-state index is 6.93. The number of pyridine rings is 1. The van der Waals surface area contributed by atoms with Crippen molar-refractivity contribution in [2.45, 2.75) is 84.0 Å². The van der Waals surface area contributed by atoms with Gasteiger partial charge in [-0.1, -0.05) is 220 Å². The van der Waals surface area contributed by atoms with Crippen molar-refractivity contribution in [2.75, 3.05) is 0 Å². The summed E-state index contributed by atoms with van der Waals surface area (Å²) in [5.41, 5.74) is 24.9. The normalized spacial score (nSPS) is 13.4. The van der Waals surface area contributed by atoms with Crippen LogP contribution in [0, 0.1) is 0 Å². The Morgan fingerprint density at radius 1 is 0.393 bits per heavy atom. The number of ether oxygens (including phenoxy) is 1. The number of hydrogen-bond donors (Lipinski definition) is 0. The molecule has 5 heteroatoms. The molecule has 0 bridgehead atoms. The van der Waals surface area contributed by atoms with Gasteiger partial charge in [-0.25, -0.2) is 4.98 Å². The molecular weight excluding hydrogens is 1020 g/mol. The number of hydrogen-bond acceptors (Lipinski definition) is 2. The van der Waals surface area contributed by atoms with Crippen molar-refractivity contribution in [1.82, 2.24) is 14.1 Å². The molecule has 408 valence electrons. The number of nitrogens with zero attached hydrogens (tertiary/aromatic N) is 4. The van der Waals surface area contributed by atoms with Crippen LogP contribution in [-0.2, 0) is 21.7 Å². The standard InChI is InChI=1S/C79H67N4O/c1-76(2,3)52-40-41-80-74(46-52)83-70-33-17-13-27-63(70)64-38-37-57(48-73(64)83)84-56-23-20-22-55(47-56)81-49-82(72-35-19-18-34-71(72)81)75-58(28-21-29-59(75)51-42-53(77(4,5)6)45-54(43-51)78(7,8)9)50-36-39-69-65(44-50)62-26-12-16-32-68(62)79(69)66-30-14-10-24-60(66)61-25-11-15-31-67(61)79/h10-49H,1-9H3/q+1. The molecule has 3 aromatic heterocycles. The maximum absolute atomic E-state index is 6.93. The summed E-state index contributed by atoms with van der Waals surface area (Å²) in [6.07, 6.45) is 4.22. The van der Waals surface area contributed by atoms with E-state index < -0.39 is 5.41 Å². The first kappa shape index (κ1) is 51.3. The van der Waals surface area contributed by atoms with Crippen molar-refractivity contribution in [1.29, 1.82) is 0 Å². The molecule has 0 unspecified atom stereocenters. The number of fused-ring (bicyclic) bond motifs is 14. The summed E-state index contributed by atoms with van der Waals surface area (Å²) in [6.45, 7) is 20.7. The topological polar surface area (TPSA) is 35.9 Å². The van der Waals surface area contributed by atoms with Crippen molar-refractivity contribution in [3.8, 4) is 73.2 Å². The Hall–Kier alpha value is -9.58. The van der Waals surface area contributed by atoms with Crippen LogP contribution in [0.3, 0.4) is 0 Å². The van der Waals surface area contributed by atoms with Crippen LogP contribution in [0.1, 0.15) is 101 Å². The van der Waals surface area contributed by atoms with Crippen LogP contribution >= 0.6 is 0 Å². The third-order valence-electron chi connectivity index (χ3n) is 18.0. The van der Waals surface area contributed by atoms with Gasteiger partial charge in [-0.2, -0.15) is 9.13 Å². The minimum atomic E-state index is -0.428. The lowest BCUT2D eigenvalue weighted by Crippen LogP contribution is -2.31. The first-order valence-corrected chi connectivity index (χ1v) is 29.6. The molecule has 84 heavy (non-hydrogen) atoms. The van der Waals surface area contributed by atoms with Gasteiger partial charge in [-0.15, -0.1) is 0 Å². The van der Waals surface area contributed by atoms with Crippen LogP contribution in [0.2, 0.25) is 0 Å². The van der Waals surface area contributed by atoms with Crippen LogP contribution < -0.4 is 9.30 Å². The Kier molecular flexibility index (Phi) is 11.4. The zero-order valence-electron chi connectivity index (χ0n) is 49.3. The molecule has 2 aliphatic carbocycles. The second-order valence-electron chi connectivity index (χ2n) is 26.3. The van der Waals surface area contributed by atoms with Gasteiger partial charge >= 0.3 is 0 Å². The van der Waals surface area contributed by atoms with Gasteiger partial charge < -0.3 is 4.74 Å². The SMILES string of the molecule is CC(C)(C)c1cc(-c2cccc(-c3ccc4c(c3)-c3ccccc3C43c4ccccc4-c4ccccc43)c2-[n+]2cn(-c3cccc(Oc4ccc5c6ccccc6n(-c6cc(C(C)(C)C)ccn6)c5c4)c3)c3ccccc32)cc(C(C)(C)C)c1. The van der Waals surface area contributed by atoms with Crippen molar-refractivity contribution in [3.63, 3.8) is 0 Å². The molecule has 0 saturated carbocycles. The first-order chi connectivity index (χ1) is 40.5. The van der Waals surface area contributed by atoms with Gasteiger partial charge in [0.15, 0.2) is 11.0 Å². The van der Waals surface area contributed by atoms with Gasteiger partial charge in [0.25, 0.3) is 6.33 Å². The quantitative estimate of drug-likeness (QED) is 0.149. The molecule has 2 aliphatic rings. The second kappa shape index (κ2) is 18.7. The molecule has 10 aromatic carbocycles. The second-order valence-corrected chi connectivity index (χ2v) is 26.3. The van der Waals surface area contributed by atoms with E-state index in [0.29, 0.717) is 0 Å². The summed E-state index contributed by atoms with van der Waals surface area (Å²) in [5.74, 6) is 2.38. The van der Waals surface area contributed by atoms with Crippen LogP contribution in [-0.4, -0.2) is 14.1 Å². The van der Waals surface area contributed by atoms with Crippen molar-refractivity contribution in [2.24, 2.45) is 0 Å². The van der Waals surface area contributed by atoms with Gasteiger partial charge in [0.1, 0.15) is 28.7 Å². The number of benzene rings is 10. The summed E-state index contributed by atoms with van der Waals surface area (Å²) in [4.78, 5) is 4.94. The van der Waals surface area contributed by atoms with E-state index in [1.807, 2.05) is 6.20 Å². The Morgan fingerprint density at radius 3 is 1.62 bits per heavy atom. The van der Waals surface area contributed by atoms with E-state index in [-0.39, 0.29) is 16.2 Å². The molecule has 0 fully saturated rings. The minimum absolute atomic E-state index is 0.0306. The molecule has 15 rings (SSSR count). The highest BCUT2D eigenvalue weighted by atomic mass is 16.5. The van der Waals surface area contributed by atoms with Crippen molar-refractivity contribution < 1.29 is 9.30 Å². The lowest BCUT2D eigenvalue weighted by molar-refractivity contribution is -0.566. The summed E-state index contributed by atoms with van der Waals surface area (Å²) >= 11 is 0. The molecule has 13 aromatic rings. The highest BCUT2D eigenvalue weighted by Crippen LogP contribution is 2.63. The molecule has 5 nitrogen and oxygen atoms in total. The van der Waals surface area contributed by atoms with Gasteiger partial charge in [-0.05, 0) is 149 Å². The third kappa shape index (κ3) is 7.96. The monoisotopic (exact) mass is 1090 g/mol. The van der Waals surface area contributed by atoms with Crippen LogP contribution in [0.25, 0.3) is 94.5 Å². The van der Waals surface area contributed by atoms with E-state index in [4.69, 9.17) is 9.72 Å². The van der Waals surface area contributed by atoms with Crippen LogP contribution in [0.5, 0.6) is 11.5 Å². The maximum Gasteiger partial charge on any atom is 0.255 e. The van der Waals surface area contributed by atoms with E-state index in [0.717, 1.165) is 67.3 Å². The zero-order chi connectivity index (χ0) is 57.4. The molecule has 1 spiro atoms. The highest BCUT2D eigenvalue weighted by molar-refractivity contribution is 6.09. The summed E-state index contributed by atoms with van der Waals surface area (Å²) in [6, 6.07) is 85.4. The molecule has 0 aliphatic heterocycles. The number of para-hydroxylation sites is 4. The number of aromatic nitrogens is 4. The number of imidazole rings is 1. The fourth-order valence-electron chi connectivity index (χ4n) is 13.8. The molecule has 0 radical (unpaired) electrons. The Balaban J connectivity index is 0.904. The van der Waals surface area contributed by atoms with E-state index >= 15 is 0 Å². The van der Waals surface area contributed by atoms with E-state index in [9.17, 15) is 0 Å². The summed E-state index contributed by atoms with van der Waals surface area (Å²) in [7, 11) is 0. The average Bonchev–Trinajstić information content (AvgIpc) is 1.86. The number of rotatable bonds is 7. The zero-order valence-corrected chi connectivity index (χ0v) is 49.3. The predicted octanol–water partition coefficient (Wildman–Crippen LogP) is 19.8. The van der Waals surface area contributed by atoms with Crippen molar-refractivity contribution in [3.05, 3.63) is 282 Å². The largest absolute Gasteiger partial charge is 0.457 e. The molecule has 0 N–H and O–H groups in total. The summed E-state index contributed by atoms with van der Waals surface area (Å²) < 4.78 is 14.0. The fourth-order valence-corrected chi connectivity index (χ4v) is 13.8. The van der Waals surface area contributed by atoms with Crippen LogP contribution in [0.4, 0.5) is 0 Å². The molecule has 0 saturated heterocycles. The van der Waals surface area contributed by atoms with E-state index in [1.165, 1.54) is 77.7 Å². The lowest BCUT2D eigenvalue weighted by atomic mass is 9.70. The summed E-state index contributed by atoms with van der Waals surface area (Å²) in [5, 5.41) is 2.32. The first-order valence-electron chi connectivity index (χ1n) is 29.6. The van der Waals surface area contributed by atoms with E-state index in [1.54, 1.807) is 0 Å². The van der Waals surface area contributed by atoms with Gasteiger partial charge in [-0.3, -0.25) is 4.57 Å². The van der Waals surface area contributed by atoms with Crippen molar-refractivity contribution >= 4 is 32.8 Å². The molecule has 0 atom stereocenters. The van der Waals surface area contributed by atoms with Crippen LogP contribution in [0.15, 0.2) is 243 Å². The minimum Gasteiger partial charge on any atom is -0.457 e. The highest BCUT2D eigenvalue weighted by Gasteiger charge is 2.51. The Morgan fingerprint density at radius 2 is 0.940 bits per heavy atom. The van der Waals surface area contributed by atoms with Gasteiger partial charge in [0.2, 0.25) is 0 Å². The smallest absolute Gasteiger partial charge is 0.255 e. The van der Waals surface area contributed by atoms with Gasteiger partial charge in [0.05, 0.1) is 16.4 Å². The Labute approximate surface area is 492 Å². The third-order valence-corrected chi connectivity index (χ3v) is 18.0. The predicted molar refractivity (Wildman–Crippen MR) is 347 cm³/mol. The average molecular weight is 1090 g/mol. The molecule has 3 heterocycles. The van der Waals surface area contributed by atoms with E-state index in [2.05, 4.69) is 313 Å².